The van der Waals surface area contributed by atoms with Crippen molar-refractivity contribution in [1.82, 2.24) is 4.90 Å². The van der Waals surface area contributed by atoms with Gasteiger partial charge in [-0.15, -0.1) is 0 Å². The Labute approximate surface area is 80.4 Å². The molecule has 1 fully saturated rings. The average molecular weight is 175 g/mol. The monoisotopic (exact) mass is 175 g/mol. The molecular formula is C12H17N. The number of rotatable bonds is 2. The van der Waals surface area contributed by atoms with Crippen LogP contribution in [0.25, 0.3) is 0 Å². The van der Waals surface area contributed by atoms with E-state index in [1.807, 2.05) is 0 Å². The molecule has 0 spiro atoms. The second-order valence-corrected chi connectivity index (χ2v) is 3.96. The largest absolute Gasteiger partial charge is 0.294 e. The summed E-state index contributed by atoms with van der Waals surface area (Å²) in [6.45, 7) is 5.87. The van der Waals surface area contributed by atoms with E-state index in [9.17, 15) is 0 Å². The summed E-state index contributed by atoms with van der Waals surface area (Å²) in [6.07, 6.45) is 1.36. The van der Waals surface area contributed by atoms with Gasteiger partial charge in [0.2, 0.25) is 0 Å². The van der Waals surface area contributed by atoms with Crippen molar-refractivity contribution in [2.45, 2.75) is 32.4 Å². The quantitative estimate of drug-likeness (QED) is 0.668. The lowest BCUT2D eigenvalue weighted by Crippen LogP contribution is -2.46. The minimum Gasteiger partial charge on any atom is -0.294 e. The van der Waals surface area contributed by atoms with E-state index in [0.717, 1.165) is 6.04 Å². The summed E-state index contributed by atoms with van der Waals surface area (Å²) in [5.74, 6) is 0. The van der Waals surface area contributed by atoms with E-state index in [4.69, 9.17) is 0 Å². The lowest BCUT2D eigenvalue weighted by Gasteiger charge is -2.43. The molecule has 1 aromatic rings. The van der Waals surface area contributed by atoms with Crippen LogP contribution in [0.1, 0.15) is 31.9 Å². The predicted molar refractivity (Wildman–Crippen MR) is 55.6 cm³/mol. The van der Waals surface area contributed by atoms with Crippen LogP contribution in [-0.4, -0.2) is 17.5 Å². The summed E-state index contributed by atoms with van der Waals surface area (Å²) in [6, 6.07) is 12.1. The van der Waals surface area contributed by atoms with Gasteiger partial charge in [0.15, 0.2) is 0 Å². The molecule has 2 atom stereocenters. The summed E-state index contributed by atoms with van der Waals surface area (Å²) in [5.41, 5.74) is 1.44. The normalized spacial score (nSPS) is 25.2. The molecule has 1 aliphatic rings. The molecule has 0 saturated carbocycles. The van der Waals surface area contributed by atoms with Gasteiger partial charge in [-0.2, -0.15) is 0 Å². The summed E-state index contributed by atoms with van der Waals surface area (Å²) in [5, 5.41) is 0. The van der Waals surface area contributed by atoms with Gasteiger partial charge in [0, 0.05) is 18.6 Å². The lowest BCUT2D eigenvalue weighted by molar-refractivity contribution is 0.0605. The van der Waals surface area contributed by atoms with Crippen molar-refractivity contribution in [3.8, 4) is 0 Å². The molecule has 0 bridgehead atoms. The van der Waals surface area contributed by atoms with E-state index in [-0.39, 0.29) is 0 Å². The van der Waals surface area contributed by atoms with E-state index in [1.165, 1.54) is 18.5 Å². The molecule has 0 aromatic heterocycles. The highest BCUT2D eigenvalue weighted by Crippen LogP contribution is 2.29. The molecule has 1 saturated heterocycles. The fraction of sp³-hybridized carbons (Fsp3) is 0.500. The third kappa shape index (κ3) is 1.61. The lowest BCUT2D eigenvalue weighted by atomic mass is 9.98. The van der Waals surface area contributed by atoms with Crippen LogP contribution in [0, 0.1) is 0 Å². The average Bonchev–Trinajstić information content (AvgIpc) is 2.17. The van der Waals surface area contributed by atoms with Crippen LogP contribution < -0.4 is 0 Å². The Hall–Kier alpha value is -0.820. The van der Waals surface area contributed by atoms with E-state index in [0.29, 0.717) is 6.04 Å². The van der Waals surface area contributed by atoms with Crippen molar-refractivity contribution < 1.29 is 0 Å². The molecule has 1 aliphatic heterocycles. The predicted octanol–water partition coefficient (Wildman–Crippen LogP) is 2.84. The molecule has 1 heteroatoms. The SMILES string of the molecule is CC1CCN1C(C)c1ccccc1. The molecule has 1 nitrogen and oxygen atoms in total. The second-order valence-electron chi connectivity index (χ2n) is 3.96. The maximum absolute atomic E-state index is 2.55. The van der Waals surface area contributed by atoms with Crippen molar-refractivity contribution in [3.05, 3.63) is 35.9 Å². The van der Waals surface area contributed by atoms with Crippen molar-refractivity contribution in [3.63, 3.8) is 0 Å². The van der Waals surface area contributed by atoms with E-state index >= 15 is 0 Å². The highest BCUT2D eigenvalue weighted by molar-refractivity contribution is 5.19. The van der Waals surface area contributed by atoms with Gasteiger partial charge in [-0.25, -0.2) is 0 Å². The molecule has 0 radical (unpaired) electrons. The smallest absolute Gasteiger partial charge is 0.0322 e. The Morgan fingerprint density at radius 3 is 2.46 bits per heavy atom. The number of hydrogen-bond acceptors (Lipinski definition) is 1. The zero-order chi connectivity index (χ0) is 9.26. The minimum atomic E-state index is 0.588. The Bertz CT molecular complexity index is 268. The van der Waals surface area contributed by atoms with Gasteiger partial charge >= 0.3 is 0 Å². The number of likely N-dealkylation sites (tertiary alicyclic amines) is 1. The fourth-order valence-corrected chi connectivity index (χ4v) is 2.03. The van der Waals surface area contributed by atoms with Crippen molar-refractivity contribution in [2.24, 2.45) is 0 Å². The third-order valence-corrected chi connectivity index (χ3v) is 3.15. The Morgan fingerprint density at radius 2 is 2.00 bits per heavy atom. The second kappa shape index (κ2) is 3.51. The van der Waals surface area contributed by atoms with Crippen LogP contribution in [0.3, 0.4) is 0 Å². The Balaban J connectivity index is 2.09. The van der Waals surface area contributed by atoms with Crippen LogP contribution in [0.2, 0.25) is 0 Å². The number of benzene rings is 1. The molecule has 0 amide bonds. The van der Waals surface area contributed by atoms with E-state index < -0.39 is 0 Å². The van der Waals surface area contributed by atoms with Crippen molar-refractivity contribution in [2.75, 3.05) is 6.54 Å². The van der Waals surface area contributed by atoms with Gasteiger partial charge in [-0.3, -0.25) is 4.90 Å². The molecule has 0 N–H and O–H groups in total. The molecular weight excluding hydrogens is 158 g/mol. The summed E-state index contributed by atoms with van der Waals surface area (Å²) in [4.78, 5) is 2.55. The van der Waals surface area contributed by atoms with Gasteiger partial charge in [-0.1, -0.05) is 30.3 Å². The number of hydrogen-bond donors (Lipinski definition) is 0. The summed E-state index contributed by atoms with van der Waals surface area (Å²) in [7, 11) is 0. The zero-order valence-corrected chi connectivity index (χ0v) is 8.40. The summed E-state index contributed by atoms with van der Waals surface area (Å²) >= 11 is 0. The van der Waals surface area contributed by atoms with Gasteiger partial charge in [0.05, 0.1) is 0 Å². The molecule has 1 heterocycles. The minimum absolute atomic E-state index is 0.588. The van der Waals surface area contributed by atoms with E-state index in [1.54, 1.807) is 0 Å². The first-order valence-corrected chi connectivity index (χ1v) is 5.09. The van der Waals surface area contributed by atoms with Gasteiger partial charge in [0.25, 0.3) is 0 Å². The highest BCUT2D eigenvalue weighted by Gasteiger charge is 2.28. The zero-order valence-electron chi connectivity index (χ0n) is 8.40. The van der Waals surface area contributed by atoms with E-state index in [2.05, 4.69) is 49.1 Å². The molecule has 0 aliphatic carbocycles. The first kappa shape index (κ1) is 8.76. The van der Waals surface area contributed by atoms with Crippen LogP contribution in [0.15, 0.2) is 30.3 Å². The fourth-order valence-electron chi connectivity index (χ4n) is 2.03. The van der Waals surface area contributed by atoms with Gasteiger partial charge in [-0.05, 0) is 25.8 Å². The topological polar surface area (TPSA) is 3.24 Å². The third-order valence-electron chi connectivity index (χ3n) is 3.15. The van der Waals surface area contributed by atoms with Crippen LogP contribution in [0.5, 0.6) is 0 Å². The molecule has 2 unspecified atom stereocenters. The van der Waals surface area contributed by atoms with Crippen molar-refractivity contribution in [1.29, 1.82) is 0 Å². The van der Waals surface area contributed by atoms with Crippen molar-refractivity contribution >= 4 is 0 Å². The molecule has 2 rings (SSSR count). The van der Waals surface area contributed by atoms with Crippen LogP contribution in [0.4, 0.5) is 0 Å². The first-order valence-electron chi connectivity index (χ1n) is 5.09. The molecule has 1 aromatic carbocycles. The Morgan fingerprint density at radius 1 is 1.31 bits per heavy atom. The summed E-state index contributed by atoms with van der Waals surface area (Å²) < 4.78 is 0. The van der Waals surface area contributed by atoms with Crippen LogP contribution >= 0.6 is 0 Å². The van der Waals surface area contributed by atoms with Gasteiger partial charge in [0.1, 0.15) is 0 Å². The maximum Gasteiger partial charge on any atom is 0.0322 e. The Kier molecular flexibility index (Phi) is 2.36. The van der Waals surface area contributed by atoms with Crippen LogP contribution in [-0.2, 0) is 0 Å². The number of nitrogens with zero attached hydrogens (tertiary/aromatic N) is 1. The molecule has 70 valence electrons. The molecule has 13 heavy (non-hydrogen) atoms. The van der Waals surface area contributed by atoms with Gasteiger partial charge < -0.3 is 0 Å². The highest BCUT2D eigenvalue weighted by atomic mass is 15.2. The first-order chi connectivity index (χ1) is 6.29. The standard InChI is InChI=1S/C12H17N/c1-10-8-9-13(10)11(2)12-6-4-3-5-7-12/h3-7,10-11H,8-9H2,1-2H3. The maximum atomic E-state index is 2.55.